The van der Waals surface area contributed by atoms with E-state index in [4.69, 9.17) is 0 Å². The number of likely N-dealkylation sites (N-methyl/N-ethyl adjacent to an activating group) is 1. The van der Waals surface area contributed by atoms with Crippen LogP contribution in [0.25, 0.3) is 0 Å². The molecule has 0 radical (unpaired) electrons. The third kappa shape index (κ3) is 3.92. The maximum Gasteiger partial charge on any atom is 0.416 e. The fourth-order valence-corrected chi connectivity index (χ4v) is 3.24. The number of nitrogens with zero attached hydrogens (tertiary/aromatic N) is 1. The highest BCUT2D eigenvalue weighted by Gasteiger charge is 2.44. The second-order valence-electron chi connectivity index (χ2n) is 6.63. The van der Waals surface area contributed by atoms with Crippen LogP contribution in [0.15, 0.2) is 36.4 Å². The van der Waals surface area contributed by atoms with Gasteiger partial charge in [-0.2, -0.15) is 13.2 Å². The predicted octanol–water partition coefficient (Wildman–Crippen LogP) is 3.93. The first kappa shape index (κ1) is 20.7. The molecule has 2 aromatic carbocycles. The van der Waals surface area contributed by atoms with E-state index in [0.29, 0.717) is 11.6 Å². The Bertz CT molecular complexity index is 958. The van der Waals surface area contributed by atoms with E-state index in [1.165, 1.54) is 24.1 Å². The summed E-state index contributed by atoms with van der Waals surface area (Å²) >= 11 is 0. The number of carbonyl (C=O) groups is 2. The Hall–Kier alpha value is -3.04. The monoisotopic (exact) mass is 416 g/mol. The van der Waals surface area contributed by atoms with Gasteiger partial charge in [-0.3, -0.25) is 9.59 Å². The van der Waals surface area contributed by atoms with Crippen LogP contribution in [0.3, 0.4) is 0 Å². The zero-order chi connectivity index (χ0) is 21.5. The molecular formula is C19H14F6N2O2. The van der Waals surface area contributed by atoms with E-state index in [1.807, 2.05) is 0 Å². The van der Waals surface area contributed by atoms with Crippen LogP contribution < -0.4 is 5.32 Å². The topological polar surface area (TPSA) is 49.4 Å². The van der Waals surface area contributed by atoms with Crippen LogP contribution >= 0.6 is 0 Å². The average Bonchev–Trinajstić information content (AvgIpc) is 2.96. The van der Waals surface area contributed by atoms with E-state index in [0.717, 1.165) is 18.2 Å². The Labute approximate surface area is 161 Å². The van der Waals surface area contributed by atoms with Gasteiger partial charge in [0.25, 0.3) is 0 Å². The Morgan fingerprint density at radius 2 is 1.66 bits per heavy atom. The van der Waals surface area contributed by atoms with Gasteiger partial charge in [-0.05, 0) is 29.8 Å². The molecule has 1 saturated heterocycles. The molecule has 1 heterocycles. The smallest absolute Gasteiger partial charge is 0.344 e. The molecule has 1 fully saturated rings. The number of likely N-dealkylation sites (tertiary alicyclic amines) is 1. The molecule has 1 N–H and O–H groups in total. The van der Waals surface area contributed by atoms with E-state index < -0.39 is 58.5 Å². The molecule has 29 heavy (non-hydrogen) atoms. The number of benzene rings is 2. The van der Waals surface area contributed by atoms with E-state index in [2.05, 4.69) is 5.32 Å². The SMILES string of the molecule is CN1C[C@H](c2ccc(C(F)(F)F)cc2)[C@@H](C(=O)Nc2ccc(F)c(F)c2F)C1=O. The highest BCUT2D eigenvalue weighted by molar-refractivity contribution is 6.08. The molecular weight excluding hydrogens is 402 g/mol. The zero-order valence-corrected chi connectivity index (χ0v) is 14.9. The molecule has 2 amide bonds. The van der Waals surface area contributed by atoms with Crippen molar-refractivity contribution in [2.75, 3.05) is 18.9 Å². The third-order valence-electron chi connectivity index (χ3n) is 4.76. The summed E-state index contributed by atoms with van der Waals surface area (Å²) in [6.07, 6.45) is -4.54. The molecule has 1 aliphatic heterocycles. The minimum Gasteiger partial charge on any atom is -0.344 e. The maximum atomic E-state index is 13.8. The van der Waals surface area contributed by atoms with Crippen LogP contribution in [-0.2, 0) is 15.8 Å². The molecule has 1 aliphatic rings. The number of anilines is 1. The van der Waals surface area contributed by atoms with Gasteiger partial charge in [0.05, 0.1) is 11.3 Å². The van der Waals surface area contributed by atoms with Crippen molar-refractivity contribution in [3.63, 3.8) is 0 Å². The largest absolute Gasteiger partial charge is 0.416 e. The molecule has 0 aliphatic carbocycles. The summed E-state index contributed by atoms with van der Waals surface area (Å²) in [4.78, 5) is 26.2. The number of hydrogen-bond acceptors (Lipinski definition) is 2. The van der Waals surface area contributed by atoms with Crippen LogP contribution in [0.4, 0.5) is 32.0 Å². The number of alkyl halides is 3. The fraction of sp³-hybridized carbons (Fsp3) is 0.263. The van der Waals surface area contributed by atoms with Crippen molar-refractivity contribution in [3.8, 4) is 0 Å². The second-order valence-corrected chi connectivity index (χ2v) is 6.63. The standard InChI is InChI=1S/C19H14F6N2O2/c1-27-8-11(9-2-4-10(5-3-9)19(23,24)25)14(18(27)29)17(28)26-13-7-6-12(20)15(21)16(13)22/h2-7,11,14H,8H2,1H3,(H,26,28)/t11-,14+/m1/s1. The van der Waals surface area contributed by atoms with Gasteiger partial charge in [-0.25, -0.2) is 13.2 Å². The van der Waals surface area contributed by atoms with Crippen molar-refractivity contribution < 1.29 is 35.9 Å². The summed E-state index contributed by atoms with van der Waals surface area (Å²) in [5.74, 6) is -8.63. The van der Waals surface area contributed by atoms with Crippen LogP contribution in [0.5, 0.6) is 0 Å². The number of nitrogens with one attached hydrogen (secondary N) is 1. The number of amides is 2. The number of halogens is 6. The fourth-order valence-electron chi connectivity index (χ4n) is 3.24. The van der Waals surface area contributed by atoms with Gasteiger partial charge in [0, 0.05) is 19.5 Å². The van der Waals surface area contributed by atoms with Gasteiger partial charge >= 0.3 is 6.18 Å². The van der Waals surface area contributed by atoms with Gasteiger partial charge < -0.3 is 10.2 Å². The first-order valence-corrected chi connectivity index (χ1v) is 8.37. The quantitative estimate of drug-likeness (QED) is 0.468. The van der Waals surface area contributed by atoms with Gasteiger partial charge in [-0.1, -0.05) is 12.1 Å². The molecule has 154 valence electrons. The Morgan fingerprint density at radius 1 is 1.03 bits per heavy atom. The Balaban J connectivity index is 1.88. The third-order valence-corrected chi connectivity index (χ3v) is 4.76. The molecule has 0 spiro atoms. The molecule has 0 bridgehead atoms. The van der Waals surface area contributed by atoms with Gasteiger partial charge in [0.2, 0.25) is 11.8 Å². The van der Waals surface area contributed by atoms with Crippen LogP contribution in [0.1, 0.15) is 17.0 Å². The molecule has 10 heteroatoms. The molecule has 3 rings (SSSR count). The Kier molecular flexibility index (Phi) is 5.29. The molecule has 4 nitrogen and oxygen atoms in total. The van der Waals surface area contributed by atoms with E-state index >= 15 is 0 Å². The first-order chi connectivity index (χ1) is 13.5. The lowest BCUT2D eigenvalue weighted by Crippen LogP contribution is -2.33. The normalized spacial score (nSPS) is 19.6. The van der Waals surface area contributed by atoms with Crippen LogP contribution in [-0.4, -0.2) is 30.3 Å². The van der Waals surface area contributed by atoms with E-state index in [9.17, 15) is 35.9 Å². The summed E-state index contributed by atoms with van der Waals surface area (Å²) in [7, 11) is 1.41. The summed E-state index contributed by atoms with van der Waals surface area (Å²) in [6, 6.07) is 5.42. The van der Waals surface area contributed by atoms with Crippen LogP contribution in [0, 0.1) is 23.4 Å². The van der Waals surface area contributed by atoms with Crippen molar-refractivity contribution >= 4 is 17.5 Å². The molecule has 0 unspecified atom stereocenters. The number of rotatable bonds is 3. The van der Waals surface area contributed by atoms with Crippen molar-refractivity contribution in [3.05, 3.63) is 65.0 Å². The average molecular weight is 416 g/mol. The highest BCUT2D eigenvalue weighted by atomic mass is 19.4. The summed E-state index contributed by atoms with van der Waals surface area (Å²) in [5, 5.41) is 2.06. The lowest BCUT2D eigenvalue weighted by atomic mass is 9.87. The molecule has 0 saturated carbocycles. The molecule has 2 aromatic rings. The van der Waals surface area contributed by atoms with E-state index in [1.54, 1.807) is 0 Å². The lowest BCUT2D eigenvalue weighted by molar-refractivity contribution is -0.138. The minimum atomic E-state index is -4.54. The second kappa shape index (κ2) is 7.41. The van der Waals surface area contributed by atoms with Crippen molar-refractivity contribution in [1.29, 1.82) is 0 Å². The van der Waals surface area contributed by atoms with Crippen molar-refractivity contribution in [1.82, 2.24) is 4.90 Å². The summed E-state index contributed by atoms with van der Waals surface area (Å²) in [6.45, 7) is 0.0442. The zero-order valence-electron chi connectivity index (χ0n) is 14.9. The van der Waals surface area contributed by atoms with Crippen molar-refractivity contribution in [2.45, 2.75) is 12.1 Å². The first-order valence-electron chi connectivity index (χ1n) is 8.37. The highest BCUT2D eigenvalue weighted by Crippen LogP contribution is 2.36. The van der Waals surface area contributed by atoms with Crippen molar-refractivity contribution in [2.24, 2.45) is 5.92 Å². The Morgan fingerprint density at radius 3 is 2.24 bits per heavy atom. The predicted molar refractivity (Wildman–Crippen MR) is 90.3 cm³/mol. The summed E-state index contributed by atoms with van der Waals surface area (Å²) in [5.41, 5.74) is -1.23. The molecule has 0 aromatic heterocycles. The number of carbonyl (C=O) groups excluding carboxylic acids is 2. The lowest BCUT2D eigenvalue weighted by Gasteiger charge is -2.18. The van der Waals surface area contributed by atoms with Gasteiger partial charge in [-0.15, -0.1) is 0 Å². The van der Waals surface area contributed by atoms with Gasteiger partial charge in [0.15, 0.2) is 17.5 Å². The van der Waals surface area contributed by atoms with Gasteiger partial charge in [0.1, 0.15) is 5.92 Å². The minimum absolute atomic E-state index is 0.0442. The van der Waals surface area contributed by atoms with Crippen LogP contribution in [0.2, 0.25) is 0 Å². The maximum absolute atomic E-state index is 13.8. The van der Waals surface area contributed by atoms with E-state index in [-0.39, 0.29) is 6.54 Å². The molecule has 2 atom stereocenters. The summed E-state index contributed by atoms with van der Waals surface area (Å²) < 4.78 is 78.5. The number of hydrogen-bond donors (Lipinski definition) is 1.